The van der Waals surface area contributed by atoms with Crippen LogP contribution in [0, 0.1) is 13.8 Å². The van der Waals surface area contributed by atoms with E-state index in [1.807, 2.05) is 67.6 Å². The molecule has 0 heterocycles. The normalized spacial score (nSPS) is 9.56. The third kappa shape index (κ3) is 5.75. The molecule has 0 bridgehead atoms. The molecule has 0 aliphatic rings. The Hall–Kier alpha value is -3.53. The van der Waals surface area contributed by atoms with E-state index in [1.165, 1.54) is 0 Å². The molecule has 0 saturated carbocycles. The highest BCUT2D eigenvalue weighted by Crippen LogP contribution is 2.11. The number of hydrogen-bond donors (Lipinski definition) is 0. The highest BCUT2D eigenvalue weighted by atomic mass is 16.6. The molecular formula is C23H20O4. The lowest BCUT2D eigenvalue weighted by atomic mass is 10.0. The zero-order valence-electron chi connectivity index (χ0n) is 15.2. The molecule has 0 amide bonds. The Bertz CT molecular complexity index is 930. The van der Waals surface area contributed by atoms with Crippen molar-refractivity contribution in [1.29, 1.82) is 0 Å². The molecule has 0 aromatic heterocycles. The van der Waals surface area contributed by atoms with E-state index in [-0.39, 0.29) is 12.3 Å². The van der Waals surface area contributed by atoms with Crippen LogP contribution in [-0.4, -0.2) is 18.2 Å². The van der Waals surface area contributed by atoms with Crippen molar-refractivity contribution in [2.75, 3.05) is 0 Å². The first kappa shape index (κ1) is 19.8. The monoisotopic (exact) mass is 360 g/mol. The number of ether oxygens (including phenoxy) is 1. The maximum absolute atomic E-state index is 12.0. The van der Waals surface area contributed by atoms with E-state index in [0.29, 0.717) is 5.56 Å². The Morgan fingerprint density at radius 3 is 2.04 bits per heavy atom. The second-order valence-electron chi connectivity index (χ2n) is 5.88. The van der Waals surface area contributed by atoms with Gasteiger partial charge in [0.2, 0.25) is 0 Å². The predicted molar refractivity (Wildman–Crippen MR) is 104 cm³/mol. The molecule has 0 radical (unpaired) electrons. The summed E-state index contributed by atoms with van der Waals surface area (Å²) in [6, 6.07) is 23.9. The molecule has 136 valence electrons. The fourth-order valence-electron chi connectivity index (χ4n) is 2.45. The number of rotatable bonds is 4. The Morgan fingerprint density at radius 1 is 0.778 bits per heavy atom. The van der Waals surface area contributed by atoms with Crippen molar-refractivity contribution in [2.24, 2.45) is 0 Å². The van der Waals surface area contributed by atoms with Crippen LogP contribution < -0.4 is 0 Å². The number of esters is 1. The van der Waals surface area contributed by atoms with Crippen molar-refractivity contribution in [3.05, 3.63) is 107 Å². The highest BCUT2D eigenvalue weighted by molar-refractivity contribution is 6.09. The summed E-state index contributed by atoms with van der Waals surface area (Å²) in [6.07, 6.45) is 0. The van der Waals surface area contributed by atoms with Crippen molar-refractivity contribution < 1.29 is 19.1 Å². The van der Waals surface area contributed by atoms with Gasteiger partial charge in [-0.3, -0.25) is 9.59 Å². The van der Waals surface area contributed by atoms with Crippen LogP contribution in [0.15, 0.2) is 78.9 Å². The molecule has 0 unspecified atom stereocenters. The van der Waals surface area contributed by atoms with Crippen molar-refractivity contribution in [1.82, 2.24) is 0 Å². The number of benzene rings is 3. The molecular weight excluding hydrogens is 340 g/mol. The fraction of sp³-hybridized carbons (Fsp3) is 0.0870. The molecule has 3 aromatic rings. The topological polar surface area (TPSA) is 60.4 Å². The van der Waals surface area contributed by atoms with Crippen LogP contribution in [0.2, 0.25) is 0 Å². The maximum atomic E-state index is 12.0. The Labute approximate surface area is 158 Å². The van der Waals surface area contributed by atoms with Gasteiger partial charge in [-0.25, -0.2) is 4.79 Å². The van der Waals surface area contributed by atoms with Crippen molar-refractivity contribution in [3.63, 3.8) is 0 Å². The summed E-state index contributed by atoms with van der Waals surface area (Å²) in [5.74, 6) is -0.526. The lowest BCUT2D eigenvalue weighted by Gasteiger charge is -2.01. The maximum Gasteiger partial charge on any atom is 0.345 e. The van der Waals surface area contributed by atoms with Gasteiger partial charge in [-0.2, -0.15) is 0 Å². The van der Waals surface area contributed by atoms with Gasteiger partial charge in [0.05, 0.1) is 5.56 Å². The van der Waals surface area contributed by atoms with Gasteiger partial charge in [-0.15, -0.1) is 0 Å². The van der Waals surface area contributed by atoms with Crippen molar-refractivity contribution in [3.8, 4) is 0 Å². The van der Waals surface area contributed by atoms with Gasteiger partial charge in [0.1, 0.15) is 0 Å². The van der Waals surface area contributed by atoms with E-state index >= 15 is 0 Å². The summed E-state index contributed by atoms with van der Waals surface area (Å²) < 4.78 is 4.19. The standard InChI is InChI=1S/C14H12O.C9H8O3/c1-11-6-5-9-13(10-11)14(15)12-7-3-2-4-8-12;1-7-4-2-3-5-8(7)9(11)12-6-10/h2-10H,1H3;2-6H,1H3. The second kappa shape index (κ2) is 9.82. The average molecular weight is 360 g/mol. The van der Waals surface area contributed by atoms with E-state index in [4.69, 9.17) is 0 Å². The summed E-state index contributed by atoms with van der Waals surface area (Å²) in [5, 5.41) is 0. The SMILES string of the molecule is Cc1cccc(C(=O)c2ccccc2)c1.Cc1ccccc1C(=O)OC=O. The quantitative estimate of drug-likeness (QED) is 0.297. The molecule has 3 aromatic carbocycles. The Balaban J connectivity index is 0.000000199. The first-order chi connectivity index (χ1) is 13.0. The van der Waals surface area contributed by atoms with Crippen LogP contribution in [0.1, 0.15) is 37.4 Å². The highest BCUT2D eigenvalue weighted by Gasteiger charge is 2.08. The fourth-order valence-corrected chi connectivity index (χ4v) is 2.45. The molecule has 0 saturated heterocycles. The third-order valence-corrected chi connectivity index (χ3v) is 3.84. The lowest BCUT2D eigenvalue weighted by Crippen LogP contribution is -2.04. The Kier molecular flexibility index (Phi) is 7.20. The molecule has 27 heavy (non-hydrogen) atoms. The number of aryl methyl sites for hydroxylation is 2. The van der Waals surface area contributed by atoms with Crippen molar-refractivity contribution >= 4 is 18.2 Å². The third-order valence-electron chi connectivity index (χ3n) is 3.84. The lowest BCUT2D eigenvalue weighted by molar-refractivity contribution is -0.123. The summed E-state index contributed by atoms with van der Waals surface area (Å²) in [7, 11) is 0. The van der Waals surface area contributed by atoms with Gasteiger partial charge in [0.15, 0.2) is 5.78 Å². The zero-order chi connectivity index (χ0) is 19.6. The van der Waals surface area contributed by atoms with Crippen LogP contribution in [0.3, 0.4) is 0 Å². The molecule has 0 spiro atoms. The van der Waals surface area contributed by atoms with Gasteiger partial charge in [0.25, 0.3) is 0 Å². The van der Waals surface area contributed by atoms with Crippen molar-refractivity contribution in [2.45, 2.75) is 13.8 Å². The van der Waals surface area contributed by atoms with E-state index in [9.17, 15) is 14.4 Å². The second-order valence-corrected chi connectivity index (χ2v) is 5.88. The van der Waals surface area contributed by atoms with E-state index in [2.05, 4.69) is 4.74 Å². The number of ketones is 1. The minimum atomic E-state index is -0.608. The Morgan fingerprint density at radius 2 is 1.41 bits per heavy atom. The minimum Gasteiger partial charge on any atom is -0.392 e. The largest absolute Gasteiger partial charge is 0.392 e. The van der Waals surface area contributed by atoms with Gasteiger partial charge in [0, 0.05) is 11.1 Å². The number of carbonyl (C=O) groups excluding carboxylic acids is 3. The number of carbonyl (C=O) groups is 3. The zero-order valence-corrected chi connectivity index (χ0v) is 15.2. The van der Waals surface area contributed by atoms with Gasteiger partial charge >= 0.3 is 12.4 Å². The van der Waals surface area contributed by atoms with Crippen LogP contribution in [0.4, 0.5) is 0 Å². The number of hydrogen-bond acceptors (Lipinski definition) is 4. The molecule has 0 N–H and O–H groups in total. The minimum absolute atomic E-state index is 0.0827. The van der Waals surface area contributed by atoms with Crippen LogP contribution in [0.5, 0.6) is 0 Å². The van der Waals surface area contributed by atoms with E-state index in [0.717, 1.165) is 22.3 Å². The summed E-state index contributed by atoms with van der Waals surface area (Å²) >= 11 is 0. The summed E-state index contributed by atoms with van der Waals surface area (Å²) in [4.78, 5) is 32.9. The first-order valence-corrected chi connectivity index (χ1v) is 8.39. The molecule has 0 fully saturated rings. The van der Waals surface area contributed by atoms with E-state index < -0.39 is 5.97 Å². The first-order valence-electron chi connectivity index (χ1n) is 8.39. The molecule has 0 aliphatic heterocycles. The summed E-state index contributed by atoms with van der Waals surface area (Å²) in [6.45, 7) is 3.90. The van der Waals surface area contributed by atoms with Gasteiger partial charge in [-0.1, -0.05) is 72.3 Å². The van der Waals surface area contributed by atoms with E-state index in [1.54, 1.807) is 25.1 Å². The predicted octanol–water partition coefficient (Wildman–Crippen LogP) is 4.53. The van der Waals surface area contributed by atoms with Crippen LogP contribution >= 0.6 is 0 Å². The molecule has 3 rings (SSSR count). The average Bonchev–Trinajstić information content (AvgIpc) is 2.69. The smallest absolute Gasteiger partial charge is 0.345 e. The molecule has 0 aliphatic carbocycles. The molecule has 0 atom stereocenters. The molecule has 4 nitrogen and oxygen atoms in total. The van der Waals surface area contributed by atoms with Gasteiger partial charge < -0.3 is 4.74 Å². The van der Waals surface area contributed by atoms with Gasteiger partial charge in [-0.05, 0) is 31.5 Å². The van der Waals surface area contributed by atoms with Crippen LogP contribution in [0.25, 0.3) is 0 Å². The molecule has 4 heteroatoms. The van der Waals surface area contributed by atoms with Crippen LogP contribution in [-0.2, 0) is 9.53 Å². The summed E-state index contributed by atoms with van der Waals surface area (Å²) in [5.41, 5.74) is 3.81.